The highest BCUT2D eigenvalue weighted by Crippen LogP contribution is 2.26. The third-order valence-corrected chi connectivity index (χ3v) is 14.5. The molecule has 0 aromatic carbocycles. The number of nitrogens with one attached hydrogen (secondary N) is 1. The lowest BCUT2D eigenvalue weighted by molar-refractivity contribution is -0.305. The predicted octanol–water partition coefficient (Wildman–Crippen LogP) is 15.3. The van der Waals surface area contributed by atoms with Crippen molar-refractivity contribution in [2.75, 3.05) is 13.2 Å². The van der Waals surface area contributed by atoms with Gasteiger partial charge in [-0.1, -0.05) is 247 Å². The Morgan fingerprint density at radius 1 is 0.513 bits per heavy atom. The van der Waals surface area contributed by atoms with Crippen molar-refractivity contribution in [3.05, 3.63) is 85.1 Å². The summed E-state index contributed by atoms with van der Waals surface area (Å²) in [6.07, 6.45) is 60.4. The summed E-state index contributed by atoms with van der Waals surface area (Å²) >= 11 is 0. The first-order chi connectivity index (χ1) is 38.2. The smallest absolute Gasteiger partial charge is 0.306 e. The Balaban J connectivity index is 2.65. The van der Waals surface area contributed by atoms with Crippen LogP contribution in [-0.2, 0) is 23.8 Å². The second kappa shape index (κ2) is 54.4. The van der Waals surface area contributed by atoms with E-state index in [4.69, 9.17) is 14.2 Å². The minimum Gasteiger partial charge on any atom is -0.454 e. The fourth-order valence-electron chi connectivity index (χ4n) is 9.50. The third kappa shape index (κ3) is 41.8. The van der Waals surface area contributed by atoms with Crippen LogP contribution in [0.2, 0.25) is 0 Å². The van der Waals surface area contributed by atoms with Gasteiger partial charge in [0.25, 0.3) is 0 Å². The molecule has 8 unspecified atom stereocenters. The molecule has 0 bridgehead atoms. The van der Waals surface area contributed by atoms with Crippen LogP contribution < -0.4 is 5.32 Å². The van der Waals surface area contributed by atoms with Gasteiger partial charge in [-0.3, -0.25) is 9.59 Å². The minimum atomic E-state index is -1.62. The van der Waals surface area contributed by atoms with Crippen molar-refractivity contribution in [2.24, 2.45) is 0 Å². The molecule has 1 amide bonds. The van der Waals surface area contributed by atoms with E-state index in [0.29, 0.717) is 12.8 Å². The van der Waals surface area contributed by atoms with E-state index in [2.05, 4.69) is 99.0 Å². The van der Waals surface area contributed by atoms with Crippen molar-refractivity contribution in [1.29, 1.82) is 0 Å². The zero-order valence-corrected chi connectivity index (χ0v) is 49.8. The van der Waals surface area contributed by atoms with Crippen LogP contribution in [0.1, 0.15) is 265 Å². The van der Waals surface area contributed by atoms with Crippen molar-refractivity contribution in [2.45, 2.75) is 314 Å². The number of ether oxygens (including phenoxy) is 3. The number of unbranched alkanes of at least 4 members (excludes halogenated alkanes) is 27. The summed E-state index contributed by atoms with van der Waals surface area (Å²) in [4.78, 5) is 26.6. The van der Waals surface area contributed by atoms with Crippen molar-refractivity contribution in [1.82, 2.24) is 5.32 Å². The number of aliphatic hydroxyl groups is 5. The standard InChI is InChI=1S/C67H117NO10/c1-4-7-10-13-16-19-22-25-27-28-29-30-31-32-33-34-35-37-40-43-46-49-52-55-62(72)78-65-64(74)63(73)61(56-69)77-67(65)76-57-58(59(70)53-50-47-44-41-38-24-21-18-15-12-9-6-3)68-66(75)60(71)54-51-48-45-42-39-36-26-23-20-17-14-11-8-5-2/h7,10,16,19-20,23,25,27,29-30,32-33,50,53,58-61,63-65,67,69-71,73-74H,4-6,8-9,11-15,17-18,21-22,24,26,28,31,34-49,51-52,54-57H2,1-3H3,(H,68,75)/b10-7-,19-16-,23-20-,27-25-,30-29-,33-32-,53-50+. The molecular formula is C67H117NO10. The van der Waals surface area contributed by atoms with E-state index in [0.717, 1.165) is 128 Å². The van der Waals surface area contributed by atoms with Crippen LogP contribution in [0.25, 0.3) is 0 Å². The van der Waals surface area contributed by atoms with Crippen LogP contribution in [-0.4, -0.2) is 99.6 Å². The second-order valence-corrected chi connectivity index (χ2v) is 21.8. The monoisotopic (exact) mass is 1100 g/mol. The van der Waals surface area contributed by atoms with Crippen molar-refractivity contribution in [3.63, 3.8) is 0 Å². The van der Waals surface area contributed by atoms with E-state index < -0.39 is 67.4 Å². The van der Waals surface area contributed by atoms with Crippen LogP contribution in [0.5, 0.6) is 0 Å². The van der Waals surface area contributed by atoms with Gasteiger partial charge in [-0.15, -0.1) is 0 Å². The van der Waals surface area contributed by atoms with E-state index >= 15 is 0 Å². The molecule has 1 rings (SSSR count). The first-order valence-corrected chi connectivity index (χ1v) is 31.9. The summed E-state index contributed by atoms with van der Waals surface area (Å²) in [7, 11) is 0. The SMILES string of the molecule is CC/C=C\C/C=C\C/C=C\C/C=C\C/C=C\CCCCCCCCCC(=O)OC1C(OCC(NC(=O)C(O)CCCCCCCC/C=C\CCCCCC)C(O)/C=C/CCCCCCCCCCCC)OC(CO)C(O)C1O. The van der Waals surface area contributed by atoms with Crippen molar-refractivity contribution in [3.8, 4) is 0 Å². The van der Waals surface area contributed by atoms with E-state index in [1.807, 2.05) is 6.08 Å². The molecule has 11 heteroatoms. The maximum Gasteiger partial charge on any atom is 0.306 e. The summed E-state index contributed by atoms with van der Waals surface area (Å²) in [6, 6.07) is -1.03. The molecule has 1 aliphatic heterocycles. The minimum absolute atomic E-state index is 0.107. The Morgan fingerprint density at radius 2 is 0.923 bits per heavy atom. The fraction of sp³-hybridized carbons (Fsp3) is 0.761. The lowest BCUT2D eigenvalue weighted by Gasteiger charge is -2.41. The zero-order chi connectivity index (χ0) is 56.8. The Bertz CT molecular complexity index is 1590. The van der Waals surface area contributed by atoms with E-state index in [1.54, 1.807) is 6.08 Å². The highest BCUT2D eigenvalue weighted by molar-refractivity contribution is 5.80. The molecule has 78 heavy (non-hydrogen) atoms. The number of amides is 1. The van der Waals surface area contributed by atoms with E-state index in [1.165, 1.54) is 89.9 Å². The van der Waals surface area contributed by atoms with Crippen molar-refractivity contribution >= 4 is 11.9 Å². The maximum atomic E-state index is 13.4. The predicted molar refractivity (Wildman–Crippen MR) is 324 cm³/mol. The molecule has 8 atom stereocenters. The molecule has 0 aromatic rings. The summed E-state index contributed by atoms with van der Waals surface area (Å²) in [6.45, 7) is 5.65. The van der Waals surface area contributed by atoms with Crippen LogP contribution in [0.4, 0.5) is 0 Å². The van der Waals surface area contributed by atoms with Gasteiger partial charge in [0.2, 0.25) is 5.91 Å². The Hall–Kier alpha value is -3.16. The number of hydrogen-bond acceptors (Lipinski definition) is 10. The Kier molecular flexibility index (Phi) is 50.8. The first-order valence-electron chi connectivity index (χ1n) is 31.9. The molecule has 1 aliphatic rings. The third-order valence-electron chi connectivity index (χ3n) is 14.5. The van der Waals surface area contributed by atoms with E-state index in [-0.39, 0.29) is 19.4 Å². The number of esters is 1. The fourth-order valence-corrected chi connectivity index (χ4v) is 9.50. The molecule has 450 valence electrons. The lowest BCUT2D eigenvalue weighted by atomic mass is 9.99. The molecular weight excluding hydrogens is 979 g/mol. The maximum absolute atomic E-state index is 13.4. The number of carbonyl (C=O) groups excluding carboxylic acids is 2. The topological polar surface area (TPSA) is 175 Å². The number of hydrogen-bond donors (Lipinski definition) is 6. The average molecular weight is 1100 g/mol. The average Bonchev–Trinajstić information content (AvgIpc) is 3.45. The Morgan fingerprint density at radius 3 is 1.41 bits per heavy atom. The molecule has 1 fully saturated rings. The molecule has 11 nitrogen and oxygen atoms in total. The van der Waals surface area contributed by atoms with Crippen LogP contribution in [0.15, 0.2) is 85.1 Å². The summed E-state index contributed by atoms with van der Waals surface area (Å²) in [5, 5.41) is 57.0. The Labute approximate surface area is 476 Å². The van der Waals surface area contributed by atoms with Crippen LogP contribution in [0, 0.1) is 0 Å². The molecule has 6 N–H and O–H groups in total. The first kappa shape index (κ1) is 72.9. The second-order valence-electron chi connectivity index (χ2n) is 21.8. The van der Waals surface area contributed by atoms with Gasteiger partial charge < -0.3 is 45.1 Å². The van der Waals surface area contributed by atoms with Crippen molar-refractivity contribution < 1.29 is 49.3 Å². The molecule has 0 aromatic heterocycles. The van der Waals surface area contributed by atoms with Gasteiger partial charge >= 0.3 is 5.97 Å². The molecule has 0 saturated carbocycles. The van der Waals surface area contributed by atoms with Gasteiger partial charge in [0, 0.05) is 6.42 Å². The normalized spacial score (nSPS) is 19.5. The van der Waals surface area contributed by atoms with Crippen LogP contribution >= 0.6 is 0 Å². The number of allylic oxidation sites excluding steroid dienone is 13. The molecule has 1 saturated heterocycles. The molecule has 0 aliphatic carbocycles. The number of rotatable bonds is 53. The van der Waals surface area contributed by atoms with Gasteiger partial charge in [-0.05, 0) is 96.3 Å². The quantitative estimate of drug-likeness (QED) is 0.0195. The molecule has 1 heterocycles. The molecule has 0 radical (unpaired) electrons. The number of carbonyl (C=O) groups is 2. The summed E-state index contributed by atoms with van der Waals surface area (Å²) in [5.41, 5.74) is 0. The van der Waals surface area contributed by atoms with Gasteiger partial charge in [-0.2, -0.15) is 0 Å². The zero-order valence-electron chi connectivity index (χ0n) is 49.8. The summed E-state index contributed by atoms with van der Waals surface area (Å²) in [5.74, 6) is -1.21. The highest BCUT2D eigenvalue weighted by Gasteiger charge is 2.47. The van der Waals surface area contributed by atoms with Gasteiger partial charge in [-0.25, -0.2) is 0 Å². The van der Waals surface area contributed by atoms with Crippen LogP contribution in [0.3, 0.4) is 0 Å². The van der Waals surface area contributed by atoms with Gasteiger partial charge in [0.05, 0.1) is 25.4 Å². The molecule has 0 spiro atoms. The van der Waals surface area contributed by atoms with E-state index in [9.17, 15) is 35.1 Å². The van der Waals surface area contributed by atoms with Gasteiger partial charge in [0.15, 0.2) is 12.4 Å². The lowest BCUT2D eigenvalue weighted by Crippen LogP contribution is -2.61. The highest BCUT2D eigenvalue weighted by atomic mass is 16.7. The number of aliphatic hydroxyl groups excluding tert-OH is 5. The summed E-state index contributed by atoms with van der Waals surface area (Å²) < 4.78 is 17.6. The van der Waals surface area contributed by atoms with Gasteiger partial charge in [0.1, 0.15) is 24.4 Å². The largest absolute Gasteiger partial charge is 0.454 e.